The molecule has 0 aromatic heterocycles. The molecule has 0 heterocycles. The van der Waals surface area contributed by atoms with Gasteiger partial charge in [0.15, 0.2) is 0 Å². The molecule has 0 aliphatic heterocycles. The molecule has 5 nitrogen and oxygen atoms in total. The van der Waals surface area contributed by atoms with Crippen LogP contribution in [0.2, 0.25) is 0 Å². The molecule has 0 spiro atoms. The van der Waals surface area contributed by atoms with E-state index in [2.05, 4.69) is 20.8 Å². The molecule has 1 atom stereocenters. The van der Waals surface area contributed by atoms with E-state index >= 15 is 0 Å². The van der Waals surface area contributed by atoms with Crippen molar-refractivity contribution >= 4 is 16.1 Å². The Morgan fingerprint density at radius 1 is 1.05 bits per heavy atom. The highest BCUT2D eigenvalue weighted by Gasteiger charge is 2.49. The van der Waals surface area contributed by atoms with Crippen LogP contribution in [0.5, 0.6) is 0 Å². The zero-order valence-corrected chi connectivity index (χ0v) is 15.8. The van der Waals surface area contributed by atoms with Crippen LogP contribution in [0.4, 0.5) is 0 Å². The number of carbonyl (C=O) groups excluding carboxylic acids is 1. The second kappa shape index (κ2) is 7.30. The van der Waals surface area contributed by atoms with Gasteiger partial charge in [0, 0.05) is 0 Å². The predicted octanol–water partition coefficient (Wildman–Crippen LogP) is 3.69. The molecule has 0 saturated heterocycles. The molecule has 0 rings (SSSR count). The maximum Gasteiger partial charge on any atom is 0.312 e. The molecule has 22 heavy (non-hydrogen) atoms. The summed E-state index contributed by atoms with van der Waals surface area (Å²) >= 11 is 0. The van der Waals surface area contributed by atoms with Gasteiger partial charge >= 0.3 is 5.97 Å². The molecule has 0 aliphatic rings. The van der Waals surface area contributed by atoms with Crippen molar-refractivity contribution < 1.29 is 22.5 Å². The van der Waals surface area contributed by atoms with Gasteiger partial charge in [0.25, 0.3) is 10.1 Å². The van der Waals surface area contributed by atoms with E-state index in [1.807, 2.05) is 27.7 Å². The van der Waals surface area contributed by atoms with Crippen LogP contribution in [-0.2, 0) is 19.6 Å². The first-order chi connectivity index (χ1) is 9.71. The molecule has 0 aromatic carbocycles. The summed E-state index contributed by atoms with van der Waals surface area (Å²) in [6.07, 6.45) is 2.39. The Balaban J connectivity index is 5.29. The Morgan fingerprint density at radius 3 is 1.91 bits per heavy atom. The topological polar surface area (TPSA) is 80.7 Å². The lowest BCUT2D eigenvalue weighted by atomic mass is 9.58. The van der Waals surface area contributed by atoms with E-state index in [0.717, 1.165) is 12.8 Å². The lowest BCUT2D eigenvalue weighted by Crippen LogP contribution is -2.46. The third-order valence-corrected chi connectivity index (χ3v) is 5.87. The van der Waals surface area contributed by atoms with Gasteiger partial charge in [-0.25, -0.2) is 0 Å². The number of esters is 1. The van der Waals surface area contributed by atoms with Gasteiger partial charge in [0.1, 0.15) is 12.4 Å². The minimum atomic E-state index is -4.12. The van der Waals surface area contributed by atoms with Crippen LogP contribution in [0.25, 0.3) is 0 Å². The Bertz CT molecular complexity index is 479. The highest BCUT2D eigenvalue weighted by molar-refractivity contribution is 7.85. The summed E-state index contributed by atoms with van der Waals surface area (Å²) in [5, 5.41) is 0. The van der Waals surface area contributed by atoms with Gasteiger partial charge in [-0.3, -0.25) is 9.35 Å². The van der Waals surface area contributed by atoms with Crippen molar-refractivity contribution in [2.45, 2.75) is 67.7 Å². The Kier molecular flexibility index (Phi) is 7.09. The van der Waals surface area contributed by atoms with Gasteiger partial charge in [-0.1, -0.05) is 48.0 Å². The van der Waals surface area contributed by atoms with Crippen LogP contribution >= 0.6 is 0 Å². The van der Waals surface area contributed by atoms with Crippen molar-refractivity contribution in [2.24, 2.45) is 16.2 Å². The number of hydrogen-bond donors (Lipinski definition) is 1. The van der Waals surface area contributed by atoms with Crippen LogP contribution in [0.3, 0.4) is 0 Å². The van der Waals surface area contributed by atoms with E-state index in [4.69, 9.17) is 9.29 Å². The van der Waals surface area contributed by atoms with E-state index in [1.165, 1.54) is 0 Å². The summed E-state index contributed by atoms with van der Waals surface area (Å²) in [7, 11) is -4.12. The molecule has 0 aromatic rings. The van der Waals surface area contributed by atoms with Crippen LogP contribution in [0.1, 0.15) is 67.7 Å². The second-order valence-corrected chi connectivity index (χ2v) is 9.26. The monoisotopic (exact) mass is 336 g/mol. The smallest absolute Gasteiger partial charge is 0.312 e. The zero-order valence-electron chi connectivity index (χ0n) is 15.0. The SMILES string of the molecule is CCC(C)(C)CC(C)(C(=O)OCCS(=O)(=O)O)C(C)(C)CC. The average molecular weight is 336 g/mol. The maximum atomic E-state index is 12.7. The lowest BCUT2D eigenvalue weighted by molar-refractivity contribution is -0.165. The maximum absolute atomic E-state index is 12.7. The zero-order chi connectivity index (χ0) is 17.8. The van der Waals surface area contributed by atoms with Crippen molar-refractivity contribution in [3.05, 3.63) is 0 Å². The van der Waals surface area contributed by atoms with Crippen molar-refractivity contribution in [1.82, 2.24) is 0 Å². The van der Waals surface area contributed by atoms with Gasteiger partial charge in [0.2, 0.25) is 0 Å². The first-order valence-electron chi connectivity index (χ1n) is 7.83. The average Bonchev–Trinajstić information content (AvgIpc) is 2.36. The summed E-state index contributed by atoms with van der Waals surface area (Å²) in [4.78, 5) is 12.7. The number of rotatable bonds is 9. The van der Waals surface area contributed by atoms with Gasteiger partial charge in [-0.2, -0.15) is 8.42 Å². The number of carbonyl (C=O) groups is 1. The summed E-state index contributed by atoms with van der Waals surface area (Å²) in [5.41, 5.74) is -1.03. The Hall–Kier alpha value is -0.620. The highest BCUT2D eigenvalue weighted by atomic mass is 32.2. The lowest BCUT2D eigenvalue weighted by Gasteiger charge is -2.45. The fourth-order valence-electron chi connectivity index (χ4n) is 2.46. The molecule has 0 radical (unpaired) electrons. The third kappa shape index (κ3) is 5.88. The molecular formula is C16H32O5S. The summed E-state index contributed by atoms with van der Waals surface area (Å²) in [6, 6.07) is 0. The van der Waals surface area contributed by atoms with E-state index in [9.17, 15) is 13.2 Å². The van der Waals surface area contributed by atoms with E-state index < -0.39 is 27.3 Å². The first-order valence-corrected chi connectivity index (χ1v) is 9.44. The van der Waals surface area contributed by atoms with Crippen LogP contribution in [0, 0.1) is 16.2 Å². The number of ether oxygens (including phenoxy) is 1. The van der Waals surface area contributed by atoms with Crippen molar-refractivity contribution in [1.29, 1.82) is 0 Å². The Morgan fingerprint density at radius 2 is 1.55 bits per heavy atom. The Labute approximate surface area is 135 Å². The van der Waals surface area contributed by atoms with Crippen LogP contribution in [0.15, 0.2) is 0 Å². The van der Waals surface area contributed by atoms with Gasteiger partial charge in [-0.15, -0.1) is 0 Å². The van der Waals surface area contributed by atoms with Crippen molar-refractivity contribution in [3.8, 4) is 0 Å². The molecule has 0 saturated carbocycles. The minimum absolute atomic E-state index is 0.0245. The van der Waals surface area contributed by atoms with Gasteiger partial charge in [0.05, 0.1) is 5.41 Å². The third-order valence-electron chi connectivity index (χ3n) is 5.19. The molecular weight excluding hydrogens is 304 g/mol. The molecule has 1 unspecified atom stereocenters. The van der Waals surface area contributed by atoms with Crippen molar-refractivity contribution in [2.75, 3.05) is 12.4 Å². The molecule has 0 aliphatic carbocycles. The largest absolute Gasteiger partial charge is 0.464 e. The molecule has 1 N–H and O–H groups in total. The molecule has 132 valence electrons. The van der Waals surface area contributed by atoms with Crippen LogP contribution in [-0.4, -0.2) is 31.3 Å². The fourth-order valence-corrected chi connectivity index (χ4v) is 2.75. The van der Waals surface area contributed by atoms with Gasteiger partial charge in [-0.05, 0) is 30.6 Å². The standard InChI is InChI=1S/C16H32O5S/c1-8-14(3,4)12-16(7,15(5,6)9-2)13(17)21-10-11-22(18,19)20/h8-12H2,1-7H3,(H,18,19,20). The molecule has 0 amide bonds. The minimum Gasteiger partial charge on any atom is -0.464 e. The normalized spacial score (nSPS) is 16.2. The second-order valence-electron chi connectivity index (χ2n) is 7.69. The summed E-state index contributed by atoms with van der Waals surface area (Å²) < 4.78 is 35.4. The van der Waals surface area contributed by atoms with E-state index in [1.54, 1.807) is 0 Å². The predicted molar refractivity (Wildman–Crippen MR) is 88.2 cm³/mol. The first kappa shape index (κ1) is 21.4. The van der Waals surface area contributed by atoms with E-state index in [0.29, 0.717) is 6.42 Å². The highest BCUT2D eigenvalue weighted by Crippen LogP contribution is 2.50. The summed E-state index contributed by atoms with van der Waals surface area (Å²) in [5.74, 6) is -0.969. The van der Waals surface area contributed by atoms with E-state index in [-0.39, 0.29) is 17.4 Å². The van der Waals surface area contributed by atoms with Crippen molar-refractivity contribution in [3.63, 3.8) is 0 Å². The molecule has 6 heteroatoms. The van der Waals surface area contributed by atoms with Gasteiger partial charge < -0.3 is 4.74 Å². The summed E-state index contributed by atoms with van der Waals surface area (Å²) in [6.45, 7) is 14.0. The molecule has 0 bridgehead atoms. The number of hydrogen-bond acceptors (Lipinski definition) is 4. The molecule has 0 fully saturated rings. The quantitative estimate of drug-likeness (QED) is 0.513. The fraction of sp³-hybridized carbons (Fsp3) is 0.938. The van der Waals surface area contributed by atoms with Crippen LogP contribution < -0.4 is 0 Å².